The van der Waals surface area contributed by atoms with Crippen LogP contribution in [0.15, 0.2) is 42.5 Å². The fraction of sp³-hybridized carbons (Fsp3) is 0.0714. The SMILES string of the molecule is Cc1c(C(=O)c2ccc(Cl)cc2)cccc1[N+](=O)[O-]. The van der Waals surface area contributed by atoms with Crippen LogP contribution in [-0.4, -0.2) is 10.7 Å². The molecule has 0 saturated carbocycles. The smallest absolute Gasteiger partial charge is 0.273 e. The molecule has 0 aromatic heterocycles. The third-order valence-corrected chi connectivity index (χ3v) is 3.10. The first-order valence-corrected chi connectivity index (χ1v) is 5.93. The lowest BCUT2D eigenvalue weighted by Gasteiger charge is -2.05. The first kappa shape index (κ1) is 13.2. The van der Waals surface area contributed by atoms with Crippen molar-refractivity contribution in [3.8, 4) is 0 Å². The van der Waals surface area contributed by atoms with Crippen molar-refractivity contribution >= 4 is 23.1 Å². The van der Waals surface area contributed by atoms with Crippen LogP contribution in [-0.2, 0) is 0 Å². The average Bonchev–Trinajstić information content (AvgIpc) is 2.38. The number of rotatable bonds is 3. The average molecular weight is 276 g/mol. The fourth-order valence-electron chi connectivity index (χ4n) is 1.82. The molecule has 0 bridgehead atoms. The second-order valence-corrected chi connectivity index (χ2v) is 4.48. The van der Waals surface area contributed by atoms with Crippen molar-refractivity contribution in [2.45, 2.75) is 6.92 Å². The molecule has 0 spiro atoms. The van der Waals surface area contributed by atoms with Crippen LogP contribution >= 0.6 is 11.6 Å². The summed E-state index contributed by atoms with van der Waals surface area (Å²) < 4.78 is 0. The van der Waals surface area contributed by atoms with Gasteiger partial charge in [-0.25, -0.2) is 0 Å². The summed E-state index contributed by atoms with van der Waals surface area (Å²) in [5.74, 6) is -0.252. The minimum Gasteiger partial charge on any atom is -0.289 e. The maximum absolute atomic E-state index is 12.3. The Morgan fingerprint density at radius 3 is 2.37 bits per heavy atom. The van der Waals surface area contributed by atoms with Gasteiger partial charge < -0.3 is 0 Å². The maximum Gasteiger partial charge on any atom is 0.273 e. The van der Waals surface area contributed by atoms with Gasteiger partial charge in [-0.15, -0.1) is 0 Å². The van der Waals surface area contributed by atoms with Crippen LogP contribution < -0.4 is 0 Å². The van der Waals surface area contributed by atoms with E-state index < -0.39 is 4.92 Å². The summed E-state index contributed by atoms with van der Waals surface area (Å²) in [5.41, 5.74) is 1.09. The Kier molecular flexibility index (Phi) is 3.62. The summed E-state index contributed by atoms with van der Waals surface area (Å²) in [6.45, 7) is 1.57. The Morgan fingerprint density at radius 1 is 1.16 bits per heavy atom. The van der Waals surface area contributed by atoms with Gasteiger partial charge in [-0.1, -0.05) is 23.7 Å². The highest BCUT2D eigenvalue weighted by Crippen LogP contribution is 2.23. The zero-order valence-electron chi connectivity index (χ0n) is 10.1. The molecule has 0 N–H and O–H groups in total. The number of carbonyl (C=O) groups is 1. The van der Waals surface area contributed by atoms with Crippen molar-refractivity contribution in [3.05, 3.63) is 74.3 Å². The van der Waals surface area contributed by atoms with Crippen LogP contribution in [0.5, 0.6) is 0 Å². The van der Waals surface area contributed by atoms with Crippen LogP contribution in [0.4, 0.5) is 5.69 Å². The van der Waals surface area contributed by atoms with Gasteiger partial charge in [-0.2, -0.15) is 0 Å². The molecule has 2 rings (SSSR count). The minimum absolute atomic E-state index is 0.0557. The molecule has 4 nitrogen and oxygen atoms in total. The predicted octanol–water partition coefficient (Wildman–Crippen LogP) is 3.79. The highest BCUT2D eigenvalue weighted by Gasteiger charge is 2.18. The minimum atomic E-state index is -0.492. The normalized spacial score (nSPS) is 10.2. The Bertz CT molecular complexity index is 650. The summed E-state index contributed by atoms with van der Waals surface area (Å²) in [6.07, 6.45) is 0. The van der Waals surface area contributed by atoms with E-state index in [2.05, 4.69) is 0 Å². The first-order chi connectivity index (χ1) is 9.00. The van der Waals surface area contributed by atoms with E-state index in [1.54, 1.807) is 37.3 Å². The van der Waals surface area contributed by atoms with Crippen molar-refractivity contribution in [3.63, 3.8) is 0 Å². The Hall–Kier alpha value is -2.20. The number of hydrogen-bond donors (Lipinski definition) is 0. The number of halogens is 1. The number of benzene rings is 2. The summed E-state index contributed by atoms with van der Waals surface area (Å²) in [4.78, 5) is 22.7. The molecule has 0 radical (unpaired) electrons. The third kappa shape index (κ3) is 2.63. The topological polar surface area (TPSA) is 60.2 Å². The molecule has 0 saturated heterocycles. The van der Waals surface area contributed by atoms with E-state index in [1.165, 1.54) is 12.1 Å². The number of hydrogen-bond acceptors (Lipinski definition) is 3. The summed E-state index contributed by atoms with van der Waals surface area (Å²) >= 11 is 5.76. The summed E-state index contributed by atoms with van der Waals surface area (Å²) in [7, 11) is 0. The summed E-state index contributed by atoms with van der Waals surface area (Å²) in [6, 6.07) is 10.9. The van der Waals surface area contributed by atoms with Gasteiger partial charge in [-0.05, 0) is 31.2 Å². The number of ketones is 1. The molecule has 0 fully saturated rings. The highest BCUT2D eigenvalue weighted by atomic mass is 35.5. The lowest BCUT2D eigenvalue weighted by molar-refractivity contribution is -0.385. The molecule has 0 unspecified atom stereocenters. The second-order valence-electron chi connectivity index (χ2n) is 4.04. The van der Waals surface area contributed by atoms with E-state index in [-0.39, 0.29) is 11.5 Å². The van der Waals surface area contributed by atoms with Crippen molar-refractivity contribution in [2.75, 3.05) is 0 Å². The molecule has 0 heterocycles. The molecule has 19 heavy (non-hydrogen) atoms. The van der Waals surface area contributed by atoms with Gasteiger partial charge in [0, 0.05) is 27.8 Å². The highest BCUT2D eigenvalue weighted by molar-refractivity contribution is 6.30. The van der Waals surface area contributed by atoms with E-state index in [9.17, 15) is 14.9 Å². The van der Waals surface area contributed by atoms with Crippen LogP contribution in [0.2, 0.25) is 5.02 Å². The molecule has 2 aromatic carbocycles. The lowest BCUT2D eigenvalue weighted by atomic mass is 9.98. The largest absolute Gasteiger partial charge is 0.289 e. The van der Waals surface area contributed by atoms with Gasteiger partial charge in [0.1, 0.15) is 0 Å². The fourth-order valence-corrected chi connectivity index (χ4v) is 1.95. The molecule has 2 aromatic rings. The zero-order chi connectivity index (χ0) is 14.0. The van der Waals surface area contributed by atoms with Gasteiger partial charge in [0.15, 0.2) is 5.78 Å². The van der Waals surface area contributed by atoms with Crippen molar-refractivity contribution < 1.29 is 9.72 Å². The van der Waals surface area contributed by atoms with E-state index in [4.69, 9.17) is 11.6 Å². The van der Waals surface area contributed by atoms with E-state index in [0.29, 0.717) is 21.7 Å². The van der Waals surface area contributed by atoms with E-state index in [0.717, 1.165) is 0 Å². The second kappa shape index (κ2) is 5.20. The van der Waals surface area contributed by atoms with Crippen molar-refractivity contribution in [2.24, 2.45) is 0 Å². The van der Waals surface area contributed by atoms with Gasteiger partial charge in [-0.3, -0.25) is 14.9 Å². The van der Waals surface area contributed by atoms with Crippen LogP contribution in [0, 0.1) is 17.0 Å². The molecular formula is C14H10ClNO3. The summed E-state index contributed by atoms with van der Waals surface area (Å²) in [5, 5.41) is 11.4. The standard InChI is InChI=1S/C14H10ClNO3/c1-9-12(3-2-4-13(9)16(18)19)14(17)10-5-7-11(15)8-6-10/h2-8H,1H3. The quantitative estimate of drug-likeness (QED) is 0.486. The van der Waals surface area contributed by atoms with Crippen LogP contribution in [0.1, 0.15) is 21.5 Å². The molecule has 0 aliphatic rings. The zero-order valence-corrected chi connectivity index (χ0v) is 10.8. The van der Waals surface area contributed by atoms with Crippen LogP contribution in [0.3, 0.4) is 0 Å². The van der Waals surface area contributed by atoms with E-state index >= 15 is 0 Å². The first-order valence-electron chi connectivity index (χ1n) is 5.55. The molecular weight excluding hydrogens is 266 g/mol. The van der Waals surface area contributed by atoms with Crippen molar-refractivity contribution in [1.82, 2.24) is 0 Å². The molecule has 0 aliphatic carbocycles. The number of nitro groups is 1. The Labute approximate surface area is 114 Å². The number of nitrogens with zero attached hydrogens (tertiary/aromatic N) is 1. The molecule has 0 atom stereocenters. The molecule has 5 heteroatoms. The predicted molar refractivity (Wildman–Crippen MR) is 72.7 cm³/mol. The molecule has 96 valence electrons. The number of nitro benzene ring substituents is 1. The monoisotopic (exact) mass is 275 g/mol. The maximum atomic E-state index is 12.3. The van der Waals surface area contributed by atoms with Gasteiger partial charge in [0.2, 0.25) is 0 Å². The molecule has 0 aliphatic heterocycles. The molecule has 0 amide bonds. The Morgan fingerprint density at radius 2 is 1.79 bits per heavy atom. The number of carbonyl (C=O) groups excluding carboxylic acids is 1. The van der Waals surface area contributed by atoms with Gasteiger partial charge in [0.05, 0.1) is 4.92 Å². The Balaban J connectivity index is 2.47. The van der Waals surface area contributed by atoms with Gasteiger partial charge >= 0.3 is 0 Å². The third-order valence-electron chi connectivity index (χ3n) is 2.85. The van der Waals surface area contributed by atoms with Crippen molar-refractivity contribution in [1.29, 1.82) is 0 Å². The van der Waals surface area contributed by atoms with Crippen LogP contribution in [0.25, 0.3) is 0 Å². The van der Waals surface area contributed by atoms with Gasteiger partial charge in [0.25, 0.3) is 5.69 Å². The lowest BCUT2D eigenvalue weighted by Crippen LogP contribution is -2.05. The van der Waals surface area contributed by atoms with E-state index in [1.807, 2.05) is 0 Å².